The Labute approximate surface area is 835 Å². The number of thioether (sulfide) groups is 2. The van der Waals surface area contributed by atoms with Crippen molar-refractivity contribution in [2.24, 2.45) is 5.73 Å². The van der Waals surface area contributed by atoms with Gasteiger partial charge >= 0.3 is 18.0 Å². The molecule has 0 radical (unpaired) electrons. The quantitative estimate of drug-likeness (QED) is 0.00421. The van der Waals surface area contributed by atoms with Gasteiger partial charge in [-0.05, 0) is 190 Å². The van der Waals surface area contributed by atoms with Gasteiger partial charge in [-0.3, -0.25) is 62.9 Å². The number of benzene rings is 7. The highest BCUT2D eigenvalue weighted by atomic mass is 32.2. The molecule has 0 bridgehead atoms. The molecule has 14 N–H and O–H groups in total. The summed E-state index contributed by atoms with van der Waals surface area (Å²) in [4.78, 5) is 188. The third-order valence-corrected chi connectivity index (χ3v) is 30.3. The predicted octanol–water partition coefficient (Wildman–Crippen LogP) is 10.7. The van der Waals surface area contributed by atoms with Crippen molar-refractivity contribution in [3.63, 3.8) is 0 Å². The number of guanidine groups is 1. The number of rotatable bonds is 50. The second kappa shape index (κ2) is 51.0. The summed E-state index contributed by atoms with van der Waals surface area (Å²) in [5.74, 6) is -11.1. The fraction of sp³-hybridized carbons (Fsp3) is 0.467. The van der Waals surface area contributed by atoms with E-state index in [1.165, 1.54) is 35.3 Å². The van der Waals surface area contributed by atoms with Gasteiger partial charge in [0.2, 0.25) is 65.0 Å². The molecule has 2 aliphatic heterocycles. The molecule has 9 rings (SSSR count). The minimum absolute atomic E-state index is 0.0153. The van der Waals surface area contributed by atoms with E-state index < -0.39 is 193 Å². The van der Waals surface area contributed by atoms with Gasteiger partial charge < -0.3 is 82.7 Å². The second-order valence-corrected chi connectivity index (χ2v) is 41.7. The number of nitrogens with zero attached hydrogens (tertiary/aromatic N) is 1. The van der Waals surface area contributed by atoms with Crippen LogP contribution >= 0.6 is 23.5 Å². The summed E-state index contributed by atoms with van der Waals surface area (Å²) < 4.78 is 52.4. The highest BCUT2D eigenvalue weighted by Gasteiger charge is 2.45. The molecule has 0 aromatic heterocycles. The van der Waals surface area contributed by atoms with Crippen LogP contribution in [-0.2, 0) is 97.7 Å². The number of alkyl carbamates (subject to hydrolysis) is 1. The first-order valence-electron chi connectivity index (χ1n) is 48.0. The molecule has 0 spiro atoms. The minimum Gasteiger partial charge on any atom is -0.487 e. The normalized spacial score (nSPS) is 14.8. The van der Waals surface area contributed by atoms with Crippen LogP contribution in [0.2, 0.25) is 0 Å². The number of amides is 11. The Morgan fingerprint density at radius 1 is 0.489 bits per heavy atom. The van der Waals surface area contributed by atoms with Crippen molar-refractivity contribution in [1.29, 1.82) is 5.41 Å². The van der Waals surface area contributed by atoms with E-state index in [0.717, 1.165) is 38.9 Å². The Hall–Kier alpha value is -12.8. The van der Waals surface area contributed by atoms with Crippen LogP contribution in [0.25, 0.3) is 0 Å². The van der Waals surface area contributed by atoms with Crippen LogP contribution in [0.4, 0.5) is 4.79 Å². The minimum atomic E-state index is -4.41. The first-order valence-corrected chi connectivity index (χ1v) is 51.4. The van der Waals surface area contributed by atoms with Gasteiger partial charge in [0.15, 0.2) is 0 Å². The van der Waals surface area contributed by atoms with E-state index >= 15 is 9.59 Å². The lowest BCUT2D eigenvalue weighted by molar-refractivity contribution is -0.161. The summed E-state index contributed by atoms with van der Waals surface area (Å²) in [5.41, 5.74) is 9.99. The first-order chi connectivity index (χ1) is 66.8. The molecule has 2 aliphatic rings. The van der Waals surface area contributed by atoms with Gasteiger partial charge in [-0.1, -0.05) is 210 Å². The van der Waals surface area contributed by atoms with Gasteiger partial charge in [0.25, 0.3) is 10.0 Å². The predicted molar refractivity (Wildman–Crippen MR) is 542 cm³/mol. The molecule has 2 heterocycles. The SMILES string of the molecule is CCC(C)(CC)OC(=O)C[C@H](NC(=O)CNC(=O)[C@H](CCCNC(=N)NS(=O)(=O)c1c(C)c(C)c2c(c1C)CC(C)(C)O2)NC(=O)[C@H](CSC(c1ccccc1)(c1ccccc1)c1ccccc1)NC(C)=O)C(=O)N[C@@H](CCCCNC(=O)OC(C)(C)C)C(=O)NCC(=O)N1CCC[C@H]1C(=O)N[C@@H](CC(=O)OC(C)(CC)CC)C(=O)N[C@@H](CSC(c1ccccc1)(c1ccccc1)c1ccccc1)C(N)=O. The summed E-state index contributed by atoms with van der Waals surface area (Å²) in [6.07, 6.45) is -0.347. The summed E-state index contributed by atoms with van der Waals surface area (Å²) >= 11 is 2.69. The van der Waals surface area contributed by atoms with Gasteiger partial charge in [-0.2, -0.15) is 0 Å². The van der Waals surface area contributed by atoms with Gasteiger partial charge in [-0.25, -0.2) is 17.9 Å². The van der Waals surface area contributed by atoms with E-state index in [-0.39, 0.29) is 81.0 Å². The van der Waals surface area contributed by atoms with Crippen molar-refractivity contribution in [3.05, 3.63) is 238 Å². The maximum absolute atomic E-state index is 15.2. The summed E-state index contributed by atoms with van der Waals surface area (Å²) in [6.45, 7) is 23.9. The number of fused-ring (bicyclic) bond motifs is 1. The third-order valence-electron chi connectivity index (χ3n) is 25.4. The molecule has 7 aromatic rings. The standard InChI is InChI=1S/C105H138N14O19S3/c1-16-102(14,17-2)135-87(123)60-80(113-85(121)63-110-92(126)79(55-40-58-108-98(107)118-141(133,134)90-68(6)67(5)89-77(69(90)7)62-101(12,13)137-89)115-96(130)83(112-70(8)120)66-140-105(74-48-32-23-33-49-74,75-50-34-24-35-51-75)76-52-36-25-37-53-76)94(128)114-78(54-38-39-57-109-99(132)138-100(9,10)11)93(127)111-64-86(122)119-59-41-56-84(119)97(131)116-81(61-88(124)136-103(15,18-3)19-4)95(129)117-82(91(106)125)65-139-104(71-42-26-20-27-43-71,72-44-28-21-29-45-72)73-46-30-22-31-47-73/h20-37,42-53,78-84H,16-19,38-41,54-66H2,1-15H3,(H2,106,125)(H,109,132)(H,110,126)(H,111,127)(H,112,120)(H,113,121)(H,114,128)(H,115,130)(H,116,131)(H,117,129)(H3,107,108,118)/t78-,79-,80-,81-,82-,83-,84-/m0/s1. The molecule has 0 unspecified atom stereocenters. The number of esters is 2. The molecule has 7 aromatic carbocycles. The molecule has 0 aliphatic carbocycles. The fourth-order valence-corrected chi connectivity index (χ4v) is 21.7. The van der Waals surface area contributed by atoms with E-state index in [1.807, 2.05) is 210 Å². The number of hydrogen-bond donors (Lipinski definition) is 13. The Morgan fingerprint density at radius 2 is 0.894 bits per heavy atom. The number of primary amides is 1. The average molecular weight is 2000 g/mol. The molecule has 760 valence electrons. The van der Waals surface area contributed by atoms with Crippen LogP contribution in [0.15, 0.2) is 187 Å². The number of carbonyl (C=O) groups is 13. The lowest BCUT2D eigenvalue weighted by Crippen LogP contribution is -2.58. The zero-order valence-electron chi connectivity index (χ0n) is 83.2. The molecule has 141 heavy (non-hydrogen) atoms. The molecule has 0 saturated carbocycles. The molecule has 36 heteroatoms. The average Bonchev–Trinajstić information content (AvgIpc) is 1.68. The summed E-state index contributed by atoms with van der Waals surface area (Å²) in [6, 6.07) is 46.8. The van der Waals surface area contributed by atoms with Gasteiger partial charge in [0.05, 0.1) is 40.3 Å². The number of unbranched alkanes of at least 4 members (excludes halogenated alkanes) is 1. The number of carbonyl (C=O) groups excluding carboxylic acids is 13. The number of nitrogens with one attached hydrogen (secondary N) is 12. The molecule has 33 nitrogen and oxygen atoms in total. The highest BCUT2D eigenvalue weighted by molar-refractivity contribution is 8.01. The number of sulfonamides is 1. The molecular weight excluding hydrogens is 1860 g/mol. The van der Waals surface area contributed by atoms with Gasteiger partial charge in [0.1, 0.15) is 70.4 Å². The molecule has 1 saturated heterocycles. The fourth-order valence-electron chi connectivity index (χ4n) is 17.0. The molecule has 11 amide bonds. The molecule has 7 atom stereocenters. The number of hydrogen-bond acceptors (Lipinski definition) is 22. The van der Waals surface area contributed by atoms with Crippen LogP contribution in [0, 0.1) is 26.2 Å². The Balaban J connectivity index is 0.948. The lowest BCUT2D eigenvalue weighted by atomic mass is 9.84. The van der Waals surface area contributed by atoms with Crippen LogP contribution in [0.3, 0.4) is 0 Å². The Morgan fingerprint density at radius 3 is 1.32 bits per heavy atom. The van der Waals surface area contributed by atoms with E-state index in [1.54, 1.807) is 69.2 Å². The van der Waals surface area contributed by atoms with Gasteiger partial charge in [-0.15, -0.1) is 23.5 Å². The topological polar surface area (TPSA) is 478 Å². The van der Waals surface area contributed by atoms with Gasteiger partial charge in [0, 0.05) is 50.0 Å². The zero-order chi connectivity index (χ0) is 103. The van der Waals surface area contributed by atoms with Crippen LogP contribution in [0.1, 0.15) is 222 Å². The van der Waals surface area contributed by atoms with Crippen molar-refractivity contribution in [2.75, 3.05) is 44.2 Å². The summed E-state index contributed by atoms with van der Waals surface area (Å²) in [5, 5.41) is 35.5. The van der Waals surface area contributed by atoms with E-state index in [0.29, 0.717) is 54.5 Å². The van der Waals surface area contributed by atoms with Crippen molar-refractivity contribution in [3.8, 4) is 5.75 Å². The first kappa shape index (κ1) is 112. The molecular formula is C105H138N14O19S3. The monoisotopic (exact) mass is 1990 g/mol. The van der Waals surface area contributed by atoms with E-state index in [9.17, 15) is 61.2 Å². The zero-order valence-corrected chi connectivity index (χ0v) is 85.7. The van der Waals surface area contributed by atoms with Crippen LogP contribution in [0.5, 0.6) is 5.75 Å². The van der Waals surface area contributed by atoms with E-state index in [4.69, 9.17) is 30.1 Å². The lowest BCUT2D eigenvalue weighted by Gasteiger charge is -2.36. The van der Waals surface area contributed by atoms with E-state index in [2.05, 4.69) is 57.9 Å². The number of ether oxygens (including phenoxy) is 4. The third kappa shape index (κ3) is 30.8. The van der Waals surface area contributed by atoms with Crippen LogP contribution in [-0.4, -0.2) is 205 Å². The van der Waals surface area contributed by atoms with Crippen molar-refractivity contribution < 1.29 is 89.7 Å². The highest BCUT2D eigenvalue weighted by Crippen LogP contribution is 2.51. The summed E-state index contributed by atoms with van der Waals surface area (Å²) in [7, 11) is -4.41. The Kier molecular flexibility index (Phi) is 40.5. The smallest absolute Gasteiger partial charge is 0.407 e. The maximum atomic E-state index is 15.2. The molecule has 1 fully saturated rings. The maximum Gasteiger partial charge on any atom is 0.407 e. The van der Waals surface area contributed by atoms with Crippen LogP contribution < -0.4 is 68.4 Å². The second-order valence-electron chi connectivity index (χ2n) is 37.6. The Bertz CT molecular complexity index is 5450. The van der Waals surface area contributed by atoms with Crippen molar-refractivity contribution in [2.45, 2.75) is 273 Å². The largest absolute Gasteiger partial charge is 0.487 e. The van der Waals surface area contributed by atoms with Crippen molar-refractivity contribution in [1.82, 2.24) is 62.8 Å². The number of nitrogens with two attached hydrogens (primary N) is 1. The number of likely N-dealkylation sites (tertiary alicyclic amines) is 1. The van der Waals surface area contributed by atoms with Crippen molar-refractivity contribution >= 4 is 117 Å².